The van der Waals surface area contributed by atoms with Gasteiger partial charge in [-0.1, -0.05) is 83.9 Å². The molecule has 0 amide bonds. The zero-order valence-corrected chi connectivity index (χ0v) is 22.8. The Bertz CT molecular complexity index is 708. The van der Waals surface area contributed by atoms with Crippen LogP contribution in [0.2, 0.25) is 0 Å². The first kappa shape index (κ1) is 31.7. The summed E-state index contributed by atoms with van der Waals surface area (Å²) in [6.07, 6.45) is 27.3. The molecule has 3 aliphatic heterocycles. The van der Waals surface area contributed by atoms with E-state index in [1.165, 1.54) is 63.2 Å². The molecule has 0 fully saturated rings. The van der Waals surface area contributed by atoms with Crippen LogP contribution >= 0.6 is 0 Å². The molecule has 6 heteroatoms. The van der Waals surface area contributed by atoms with Gasteiger partial charge in [-0.15, -0.1) is 0 Å². The number of rotatable bonds is 12. The zero-order valence-electron chi connectivity index (χ0n) is 22.8. The van der Waals surface area contributed by atoms with Gasteiger partial charge in [0.1, 0.15) is 18.3 Å². The Balaban J connectivity index is 0.000000271. The quantitative estimate of drug-likeness (QED) is 0.157. The first-order valence-corrected chi connectivity index (χ1v) is 14.1. The van der Waals surface area contributed by atoms with Gasteiger partial charge in [-0.2, -0.15) is 0 Å². The maximum atomic E-state index is 10.9. The van der Waals surface area contributed by atoms with E-state index < -0.39 is 0 Å². The molecule has 0 aromatic carbocycles. The van der Waals surface area contributed by atoms with Crippen molar-refractivity contribution in [2.45, 2.75) is 135 Å². The molecule has 3 heterocycles. The lowest BCUT2D eigenvalue weighted by atomic mass is 10.1. The summed E-state index contributed by atoms with van der Waals surface area (Å²) in [4.78, 5) is 32.4. The van der Waals surface area contributed by atoms with E-state index in [2.05, 4.69) is 20.8 Å². The van der Waals surface area contributed by atoms with Gasteiger partial charge in [-0.25, -0.2) is 14.4 Å². The second kappa shape index (κ2) is 20.8. The normalized spacial score (nSPS) is 22.4. The molecule has 6 nitrogen and oxygen atoms in total. The third kappa shape index (κ3) is 16.3. The molecule has 0 aromatic rings. The van der Waals surface area contributed by atoms with Gasteiger partial charge in [0.25, 0.3) is 0 Å². The van der Waals surface area contributed by atoms with Gasteiger partial charge in [0.15, 0.2) is 0 Å². The topological polar surface area (TPSA) is 78.9 Å². The molecule has 3 unspecified atom stereocenters. The maximum Gasteiger partial charge on any atom is 0.330 e. The highest BCUT2D eigenvalue weighted by molar-refractivity contribution is 5.83. The molecule has 0 spiro atoms. The second-order valence-corrected chi connectivity index (χ2v) is 9.58. The zero-order chi connectivity index (χ0) is 26.4. The summed E-state index contributed by atoms with van der Waals surface area (Å²) < 4.78 is 15.3. The number of carbonyl (C=O) groups excluding carboxylic acids is 3. The lowest BCUT2D eigenvalue weighted by Crippen LogP contribution is -2.19. The summed E-state index contributed by atoms with van der Waals surface area (Å²) >= 11 is 0. The van der Waals surface area contributed by atoms with Crippen LogP contribution in [0.15, 0.2) is 36.5 Å². The van der Waals surface area contributed by atoms with Crippen LogP contribution in [0.5, 0.6) is 0 Å². The number of carbonyl (C=O) groups is 3. The summed E-state index contributed by atoms with van der Waals surface area (Å²) in [5.41, 5.74) is 0. The Morgan fingerprint density at radius 3 is 1.22 bits per heavy atom. The minimum Gasteiger partial charge on any atom is -0.459 e. The Morgan fingerprint density at radius 1 is 0.528 bits per heavy atom. The number of hydrogen-bond acceptors (Lipinski definition) is 6. The van der Waals surface area contributed by atoms with Gasteiger partial charge in [0.05, 0.1) is 0 Å². The third-order valence-electron chi connectivity index (χ3n) is 6.20. The van der Waals surface area contributed by atoms with Crippen molar-refractivity contribution in [1.82, 2.24) is 0 Å². The number of cyclic esters (lactones) is 3. The van der Waals surface area contributed by atoms with Crippen LogP contribution in [-0.4, -0.2) is 36.2 Å². The average Bonchev–Trinajstić information content (AvgIpc) is 2.87. The van der Waals surface area contributed by atoms with E-state index in [-0.39, 0.29) is 36.2 Å². The van der Waals surface area contributed by atoms with E-state index in [1.54, 1.807) is 0 Å². The van der Waals surface area contributed by atoms with Crippen LogP contribution in [0.3, 0.4) is 0 Å². The van der Waals surface area contributed by atoms with Gasteiger partial charge in [-0.3, -0.25) is 0 Å². The third-order valence-corrected chi connectivity index (χ3v) is 6.20. The predicted octanol–water partition coefficient (Wildman–Crippen LogP) is 7.32. The van der Waals surface area contributed by atoms with Crippen molar-refractivity contribution in [2.24, 2.45) is 0 Å². The van der Waals surface area contributed by atoms with Crippen molar-refractivity contribution in [2.75, 3.05) is 0 Å². The Hall–Kier alpha value is -2.37. The van der Waals surface area contributed by atoms with Crippen molar-refractivity contribution in [1.29, 1.82) is 0 Å². The highest BCUT2D eigenvalue weighted by atomic mass is 16.6. The molecule has 3 aliphatic rings. The maximum absolute atomic E-state index is 10.9. The van der Waals surface area contributed by atoms with Gasteiger partial charge in [0.2, 0.25) is 0 Å². The molecule has 36 heavy (non-hydrogen) atoms. The van der Waals surface area contributed by atoms with Crippen LogP contribution in [0.25, 0.3) is 0 Å². The van der Waals surface area contributed by atoms with Crippen LogP contribution in [0.4, 0.5) is 0 Å². The predicted molar refractivity (Wildman–Crippen MR) is 143 cm³/mol. The highest BCUT2D eigenvalue weighted by Crippen LogP contribution is 2.16. The molecule has 0 aromatic heterocycles. The number of unbranched alkanes of at least 4 members (excludes halogenated alkanes) is 6. The summed E-state index contributed by atoms with van der Waals surface area (Å²) in [5, 5.41) is 0. The standard InChI is InChI=1S/C11H18O2.C10H16O2.C9H14O2/c1-2-3-4-5-7-10-8-6-9-11(12)13-10;1-2-3-4-6-9-7-5-8-10(11)12-9;1-2-3-5-8-6-4-7-9(10)11-8/h6,9-10H,2-5,7-8H2,1H3;5,8-9H,2-4,6-7H2,1H3;4,7-8H,2-3,5-6H2,1H3. The Kier molecular flexibility index (Phi) is 18.3. The summed E-state index contributed by atoms with van der Waals surface area (Å²) in [5.74, 6) is -0.535. The van der Waals surface area contributed by atoms with Gasteiger partial charge < -0.3 is 14.2 Å². The fraction of sp³-hybridized carbons (Fsp3) is 0.700. The number of esters is 3. The fourth-order valence-electron chi connectivity index (χ4n) is 4.09. The van der Waals surface area contributed by atoms with Gasteiger partial charge in [0, 0.05) is 37.5 Å². The second-order valence-electron chi connectivity index (χ2n) is 9.58. The van der Waals surface area contributed by atoms with Gasteiger partial charge >= 0.3 is 17.9 Å². The Morgan fingerprint density at radius 2 is 0.861 bits per heavy atom. The molecule has 3 atom stereocenters. The molecule has 0 bridgehead atoms. The van der Waals surface area contributed by atoms with E-state index in [0.717, 1.165) is 51.4 Å². The molecule has 204 valence electrons. The lowest BCUT2D eigenvalue weighted by molar-refractivity contribution is -0.145. The molecular formula is C30H48O6. The lowest BCUT2D eigenvalue weighted by Gasteiger charge is -2.18. The SMILES string of the molecule is CCCCC1CC=CC(=O)O1.CCCCCC1CC=CC(=O)O1.CCCCCCC1CC=CC(=O)O1. The summed E-state index contributed by atoms with van der Waals surface area (Å²) in [6.45, 7) is 6.51. The summed E-state index contributed by atoms with van der Waals surface area (Å²) in [6, 6.07) is 0. The van der Waals surface area contributed by atoms with E-state index >= 15 is 0 Å². The van der Waals surface area contributed by atoms with Gasteiger partial charge in [-0.05, 0) is 32.1 Å². The Labute approximate surface area is 218 Å². The summed E-state index contributed by atoms with van der Waals surface area (Å²) in [7, 11) is 0. The van der Waals surface area contributed by atoms with Crippen LogP contribution in [-0.2, 0) is 28.6 Å². The smallest absolute Gasteiger partial charge is 0.330 e. The van der Waals surface area contributed by atoms with Crippen molar-refractivity contribution in [3.8, 4) is 0 Å². The van der Waals surface area contributed by atoms with E-state index in [1.807, 2.05) is 18.2 Å². The first-order chi connectivity index (χ1) is 17.5. The highest BCUT2D eigenvalue weighted by Gasteiger charge is 2.16. The molecular weight excluding hydrogens is 456 g/mol. The van der Waals surface area contributed by atoms with Crippen LogP contribution in [0.1, 0.15) is 117 Å². The van der Waals surface area contributed by atoms with Crippen molar-refractivity contribution in [3.05, 3.63) is 36.5 Å². The molecule has 0 radical (unpaired) electrons. The molecule has 0 N–H and O–H groups in total. The minimum absolute atomic E-state index is 0.146. The molecule has 0 aliphatic carbocycles. The van der Waals surface area contributed by atoms with Crippen LogP contribution in [0, 0.1) is 0 Å². The van der Waals surface area contributed by atoms with Crippen molar-refractivity contribution >= 4 is 17.9 Å². The largest absolute Gasteiger partial charge is 0.459 e. The number of hydrogen-bond donors (Lipinski definition) is 0. The fourth-order valence-corrected chi connectivity index (χ4v) is 4.09. The molecule has 3 rings (SSSR count). The first-order valence-electron chi connectivity index (χ1n) is 14.1. The minimum atomic E-state index is -0.183. The van der Waals surface area contributed by atoms with Crippen molar-refractivity contribution in [3.63, 3.8) is 0 Å². The monoisotopic (exact) mass is 504 g/mol. The average molecular weight is 505 g/mol. The van der Waals surface area contributed by atoms with E-state index in [4.69, 9.17) is 14.2 Å². The van der Waals surface area contributed by atoms with E-state index in [0.29, 0.717) is 0 Å². The van der Waals surface area contributed by atoms with Crippen LogP contribution < -0.4 is 0 Å². The molecule has 0 saturated heterocycles. The molecule has 0 saturated carbocycles. The van der Waals surface area contributed by atoms with E-state index in [9.17, 15) is 14.4 Å². The van der Waals surface area contributed by atoms with Crippen molar-refractivity contribution < 1.29 is 28.6 Å². The number of ether oxygens (including phenoxy) is 3.